The van der Waals surface area contributed by atoms with Crippen molar-refractivity contribution in [3.05, 3.63) is 24.3 Å². The van der Waals surface area contributed by atoms with Crippen molar-refractivity contribution in [2.45, 2.75) is 347 Å². The lowest BCUT2D eigenvalue weighted by Gasteiger charge is -2.19. The molecule has 0 saturated heterocycles. The van der Waals surface area contributed by atoms with Gasteiger partial charge in [0, 0.05) is 19.4 Å². The summed E-state index contributed by atoms with van der Waals surface area (Å²) < 4.78 is 33.1. The molecule has 0 aliphatic rings. The molecular formula is C64H124NO8P. The summed E-state index contributed by atoms with van der Waals surface area (Å²) in [5.41, 5.74) is 5.39. The Morgan fingerprint density at radius 1 is 0.405 bits per heavy atom. The Morgan fingerprint density at radius 2 is 0.703 bits per heavy atom. The molecule has 0 aromatic rings. The van der Waals surface area contributed by atoms with Crippen molar-refractivity contribution in [3.8, 4) is 0 Å². The summed E-state index contributed by atoms with van der Waals surface area (Å²) in [6, 6.07) is 0. The summed E-state index contributed by atoms with van der Waals surface area (Å²) in [5, 5.41) is 0. The monoisotopic (exact) mass is 1070 g/mol. The van der Waals surface area contributed by atoms with Crippen molar-refractivity contribution in [2.75, 3.05) is 26.4 Å². The van der Waals surface area contributed by atoms with Crippen LogP contribution in [0.3, 0.4) is 0 Å². The van der Waals surface area contributed by atoms with Crippen molar-refractivity contribution in [1.29, 1.82) is 0 Å². The van der Waals surface area contributed by atoms with Crippen LogP contribution >= 0.6 is 7.82 Å². The smallest absolute Gasteiger partial charge is 0.462 e. The van der Waals surface area contributed by atoms with E-state index in [9.17, 15) is 19.0 Å². The second kappa shape index (κ2) is 60.7. The van der Waals surface area contributed by atoms with E-state index in [2.05, 4.69) is 38.2 Å². The quantitative estimate of drug-likeness (QED) is 0.0264. The van der Waals surface area contributed by atoms with Crippen LogP contribution in [-0.2, 0) is 32.7 Å². The average Bonchev–Trinajstić information content (AvgIpc) is 3.39. The van der Waals surface area contributed by atoms with Gasteiger partial charge >= 0.3 is 19.8 Å². The van der Waals surface area contributed by atoms with E-state index in [1.807, 2.05) is 0 Å². The molecule has 0 aromatic heterocycles. The Kier molecular flexibility index (Phi) is 59.5. The Morgan fingerprint density at radius 3 is 1.03 bits per heavy atom. The van der Waals surface area contributed by atoms with E-state index in [1.165, 1.54) is 257 Å². The third-order valence-corrected chi connectivity index (χ3v) is 15.6. The van der Waals surface area contributed by atoms with Gasteiger partial charge in [0.05, 0.1) is 13.2 Å². The van der Waals surface area contributed by atoms with Gasteiger partial charge < -0.3 is 20.1 Å². The number of hydrogen-bond donors (Lipinski definition) is 2. The van der Waals surface area contributed by atoms with Crippen LogP contribution in [0.2, 0.25) is 0 Å². The first-order chi connectivity index (χ1) is 36.3. The number of phosphoric acid groups is 1. The van der Waals surface area contributed by atoms with Crippen molar-refractivity contribution >= 4 is 19.8 Å². The molecule has 0 amide bonds. The Hall–Kier alpha value is -1.51. The number of hydrogen-bond acceptors (Lipinski definition) is 8. The minimum atomic E-state index is -4.39. The molecule has 2 unspecified atom stereocenters. The second-order valence-corrected chi connectivity index (χ2v) is 23.4. The van der Waals surface area contributed by atoms with Gasteiger partial charge in [-0.15, -0.1) is 0 Å². The zero-order chi connectivity index (χ0) is 53.8. The van der Waals surface area contributed by atoms with Gasteiger partial charge in [-0.2, -0.15) is 0 Å². The molecule has 3 N–H and O–H groups in total. The molecule has 0 aromatic carbocycles. The molecule has 0 rings (SSSR count). The first-order valence-corrected chi connectivity index (χ1v) is 33.8. The SMILES string of the molecule is CCCCCCC/C=C\C/C=C\CCCCCCCCCCCC(=O)OC(COC(=O)CCCCCCCCCCCCCCCCCCCCCCCCCCCCCCCCCC)COP(=O)(O)OCCN. The van der Waals surface area contributed by atoms with Crippen LogP contribution in [0.1, 0.15) is 341 Å². The number of allylic oxidation sites excluding steroid dienone is 4. The highest BCUT2D eigenvalue weighted by Crippen LogP contribution is 2.43. The molecule has 0 bridgehead atoms. The molecule has 9 nitrogen and oxygen atoms in total. The molecule has 0 saturated carbocycles. The van der Waals surface area contributed by atoms with Crippen LogP contribution in [0.4, 0.5) is 0 Å². The number of carbonyl (C=O) groups is 2. The molecule has 0 aliphatic heterocycles. The first-order valence-electron chi connectivity index (χ1n) is 32.3. The largest absolute Gasteiger partial charge is 0.472 e. The Balaban J connectivity index is 3.83. The molecule has 0 heterocycles. The standard InChI is InChI=1S/C64H124NO8P/c1-3-5-7-9-11-13-15-17-19-21-23-25-26-27-28-29-30-31-32-33-34-35-37-38-40-42-44-46-48-50-52-54-56-63(66)70-60-62(61-72-74(68,69)71-59-58-65)73-64(67)57-55-53-51-49-47-45-43-41-39-36-24-22-20-18-16-14-12-10-8-6-4-2/h16,18,22,24,62H,3-15,17,19-21,23,25-61,65H2,1-2H3,(H,68,69)/b18-16-,24-22-. The third-order valence-electron chi connectivity index (χ3n) is 14.6. The third kappa shape index (κ3) is 59.7. The number of unbranched alkanes of at least 4 members (excludes halogenated alkanes) is 45. The van der Waals surface area contributed by atoms with Gasteiger partial charge in [0.25, 0.3) is 0 Å². The van der Waals surface area contributed by atoms with Crippen molar-refractivity contribution < 1.29 is 37.6 Å². The van der Waals surface area contributed by atoms with E-state index in [1.54, 1.807) is 0 Å². The number of rotatable bonds is 62. The van der Waals surface area contributed by atoms with Gasteiger partial charge in [0.2, 0.25) is 0 Å². The number of ether oxygens (including phenoxy) is 2. The average molecular weight is 1070 g/mol. The number of nitrogens with two attached hydrogens (primary N) is 1. The lowest BCUT2D eigenvalue weighted by atomic mass is 10.0. The van der Waals surface area contributed by atoms with E-state index in [4.69, 9.17) is 24.3 Å². The fourth-order valence-corrected chi connectivity index (χ4v) is 10.6. The molecule has 0 spiro atoms. The maximum atomic E-state index is 12.7. The normalized spacial score (nSPS) is 13.1. The minimum Gasteiger partial charge on any atom is -0.462 e. The molecule has 0 fully saturated rings. The van der Waals surface area contributed by atoms with E-state index >= 15 is 0 Å². The second-order valence-electron chi connectivity index (χ2n) is 22.0. The fraction of sp³-hybridized carbons (Fsp3) is 0.906. The Labute approximate surface area is 459 Å². The molecule has 74 heavy (non-hydrogen) atoms. The summed E-state index contributed by atoms with van der Waals surface area (Å²) in [6.45, 7) is 3.79. The van der Waals surface area contributed by atoms with E-state index < -0.39 is 26.5 Å². The van der Waals surface area contributed by atoms with E-state index in [0.29, 0.717) is 6.42 Å². The summed E-state index contributed by atoms with van der Waals surface area (Å²) in [5.74, 6) is -0.813. The van der Waals surface area contributed by atoms with E-state index in [-0.39, 0.29) is 38.6 Å². The van der Waals surface area contributed by atoms with Crippen LogP contribution < -0.4 is 5.73 Å². The summed E-state index contributed by atoms with van der Waals surface area (Å²) in [6.07, 6.45) is 72.6. The van der Waals surface area contributed by atoms with Gasteiger partial charge in [0.15, 0.2) is 6.10 Å². The van der Waals surface area contributed by atoms with Gasteiger partial charge in [-0.05, 0) is 44.9 Å². The summed E-state index contributed by atoms with van der Waals surface area (Å²) in [4.78, 5) is 35.2. The molecule has 0 radical (unpaired) electrons. The lowest BCUT2D eigenvalue weighted by molar-refractivity contribution is -0.161. The van der Waals surface area contributed by atoms with Gasteiger partial charge in [-0.3, -0.25) is 18.6 Å². The maximum absolute atomic E-state index is 12.7. The van der Waals surface area contributed by atoms with Crippen LogP contribution in [0.5, 0.6) is 0 Å². The highest BCUT2D eigenvalue weighted by Gasteiger charge is 2.26. The van der Waals surface area contributed by atoms with Crippen LogP contribution in [-0.4, -0.2) is 49.3 Å². The highest BCUT2D eigenvalue weighted by atomic mass is 31.2. The molecule has 2 atom stereocenters. The van der Waals surface area contributed by atoms with Crippen LogP contribution in [0, 0.1) is 0 Å². The number of esters is 2. The zero-order valence-electron chi connectivity index (χ0n) is 49.1. The maximum Gasteiger partial charge on any atom is 0.472 e. The predicted octanol–water partition coefficient (Wildman–Crippen LogP) is 20.6. The van der Waals surface area contributed by atoms with Gasteiger partial charge in [0.1, 0.15) is 6.61 Å². The lowest BCUT2D eigenvalue weighted by Crippen LogP contribution is -2.29. The number of phosphoric ester groups is 1. The Bertz CT molecular complexity index is 1260. The first kappa shape index (κ1) is 72.5. The minimum absolute atomic E-state index is 0.0549. The molecule has 438 valence electrons. The van der Waals surface area contributed by atoms with Crippen LogP contribution in [0.15, 0.2) is 24.3 Å². The van der Waals surface area contributed by atoms with Crippen molar-refractivity contribution in [3.63, 3.8) is 0 Å². The zero-order valence-corrected chi connectivity index (χ0v) is 50.0. The molecular weight excluding hydrogens is 942 g/mol. The van der Waals surface area contributed by atoms with Crippen LogP contribution in [0.25, 0.3) is 0 Å². The highest BCUT2D eigenvalue weighted by molar-refractivity contribution is 7.47. The summed E-state index contributed by atoms with van der Waals surface area (Å²) >= 11 is 0. The molecule has 0 aliphatic carbocycles. The summed E-state index contributed by atoms with van der Waals surface area (Å²) in [7, 11) is -4.39. The molecule has 10 heteroatoms. The van der Waals surface area contributed by atoms with Crippen molar-refractivity contribution in [2.24, 2.45) is 5.73 Å². The van der Waals surface area contributed by atoms with Gasteiger partial charge in [-0.25, -0.2) is 4.57 Å². The van der Waals surface area contributed by atoms with E-state index in [0.717, 1.165) is 51.4 Å². The number of carbonyl (C=O) groups excluding carboxylic acids is 2. The van der Waals surface area contributed by atoms with Gasteiger partial charge in [-0.1, -0.05) is 308 Å². The topological polar surface area (TPSA) is 134 Å². The fourth-order valence-electron chi connectivity index (χ4n) is 9.79. The van der Waals surface area contributed by atoms with Crippen molar-refractivity contribution in [1.82, 2.24) is 0 Å². The predicted molar refractivity (Wildman–Crippen MR) is 317 cm³/mol.